The van der Waals surface area contributed by atoms with E-state index < -0.39 is 0 Å². The van der Waals surface area contributed by atoms with Crippen LogP contribution in [0.15, 0.2) is 111 Å². The van der Waals surface area contributed by atoms with Crippen LogP contribution in [0, 0.1) is 11.3 Å². The van der Waals surface area contributed by atoms with Gasteiger partial charge in [0.05, 0.1) is 67.5 Å². The molecule has 4 aromatic carbocycles. The molecule has 75 heavy (non-hydrogen) atoms. The molecule has 12 rings (SSSR count). The molecule has 8 heterocycles. The molecule has 374 valence electrons. The zero-order valence-corrected chi connectivity index (χ0v) is 43.5. The SMILES string of the molecule is COc1cc(OCc2csc(-c3ccc(C#N)c(COc4nn5cc(-c6cc7c(OCc8csc(-c9cccc(C(=O)N(C)C)c9)n8)cc(OC)cc7o6)nc5s4)c3)n2)c2cc(-c3cn4nc(OC)sc4n3)oc2c1. The van der Waals surface area contributed by atoms with Crippen molar-refractivity contribution >= 4 is 83.1 Å². The van der Waals surface area contributed by atoms with Crippen molar-refractivity contribution in [2.45, 2.75) is 19.8 Å². The lowest BCUT2D eigenvalue weighted by molar-refractivity contribution is 0.0827. The summed E-state index contributed by atoms with van der Waals surface area (Å²) < 4.78 is 51.0. The number of nitrogens with zero attached hydrogens (tertiary/aromatic N) is 10. The Morgan fingerprint density at radius 1 is 0.653 bits per heavy atom. The maximum absolute atomic E-state index is 12.6. The molecule has 0 unspecified atom stereocenters. The highest BCUT2D eigenvalue weighted by molar-refractivity contribution is 7.18. The van der Waals surface area contributed by atoms with Crippen molar-refractivity contribution in [1.82, 2.24) is 44.1 Å². The fourth-order valence-corrected chi connectivity index (χ4v) is 11.1. The van der Waals surface area contributed by atoms with Crippen molar-refractivity contribution < 1.29 is 42.1 Å². The zero-order chi connectivity index (χ0) is 51.3. The van der Waals surface area contributed by atoms with E-state index in [0.29, 0.717) is 99.8 Å². The predicted molar refractivity (Wildman–Crippen MR) is 283 cm³/mol. The lowest BCUT2D eigenvalue weighted by Crippen LogP contribution is -2.21. The van der Waals surface area contributed by atoms with E-state index >= 15 is 0 Å². The van der Waals surface area contributed by atoms with E-state index in [-0.39, 0.29) is 25.7 Å². The molecule has 23 heteroatoms. The molecule has 0 N–H and O–H groups in total. The first-order valence-electron chi connectivity index (χ1n) is 22.7. The number of thiazole rings is 2. The summed E-state index contributed by atoms with van der Waals surface area (Å²) in [5.74, 6) is 3.24. The van der Waals surface area contributed by atoms with Gasteiger partial charge in [-0.1, -0.05) is 18.2 Å². The monoisotopic (exact) mass is 1070 g/mol. The smallest absolute Gasteiger partial charge is 0.294 e. The fraction of sp³-hybridized carbons (Fsp3) is 0.154. The molecule has 8 aromatic heterocycles. The number of furan rings is 2. The fourth-order valence-electron chi connectivity index (χ4n) is 8.09. The number of rotatable bonds is 17. The van der Waals surface area contributed by atoms with Crippen LogP contribution in [0.25, 0.3) is 75.9 Å². The number of imidazole rings is 2. The molecule has 1 amide bonds. The molecule has 19 nitrogen and oxygen atoms in total. The highest BCUT2D eigenvalue weighted by Crippen LogP contribution is 2.40. The van der Waals surface area contributed by atoms with Gasteiger partial charge in [-0.2, -0.15) is 5.26 Å². The molecular weight excluding hydrogens is 1040 g/mol. The summed E-state index contributed by atoms with van der Waals surface area (Å²) in [5, 5.41) is 26.8. The summed E-state index contributed by atoms with van der Waals surface area (Å²) in [5.41, 5.74) is 7.17. The topological polar surface area (TPSA) is 212 Å². The van der Waals surface area contributed by atoms with Crippen molar-refractivity contribution in [2.24, 2.45) is 0 Å². The van der Waals surface area contributed by atoms with Gasteiger partial charge in [0.1, 0.15) is 75.4 Å². The Kier molecular flexibility index (Phi) is 12.3. The van der Waals surface area contributed by atoms with Gasteiger partial charge < -0.3 is 42.2 Å². The third kappa shape index (κ3) is 9.31. The highest BCUT2D eigenvalue weighted by Gasteiger charge is 2.21. The minimum atomic E-state index is -0.0751. The third-order valence-corrected chi connectivity index (χ3v) is 15.4. The Balaban J connectivity index is 0.709. The number of nitriles is 1. The average molecular weight is 1080 g/mol. The summed E-state index contributed by atoms with van der Waals surface area (Å²) in [6.07, 6.45) is 3.55. The number of aromatic nitrogens is 8. The second-order valence-corrected chi connectivity index (χ2v) is 20.4. The van der Waals surface area contributed by atoms with Crippen LogP contribution in [0.2, 0.25) is 0 Å². The lowest BCUT2D eigenvalue weighted by Gasteiger charge is -2.10. The van der Waals surface area contributed by atoms with Gasteiger partial charge in [-0.3, -0.25) is 4.79 Å². The summed E-state index contributed by atoms with van der Waals surface area (Å²) in [6.45, 7) is 0.459. The molecule has 0 bridgehead atoms. The molecule has 0 saturated heterocycles. The zero-order valence-electron chi connectivity index (χ0n) is 40.2. The van der Waals surface area contributed by atoms with Gasteiger partial charge in [0.2, 0.25) is 9.92 Å². The van der Waals surface area contributed by atoms with Crippen molar-refractivity contribution in [3.8, 4) is 83.5 Å². The lowest BCUT2D eigenvalue weighted by atomic mass is 10.1. The van der Waals surface area contributed by atoms with Crippen LogP contribution in [0.5, 0.6) is 33.4 Å². The number of ether oxygens (including phenoxy) is 6. The Bertz CT molecular complexity index is 4110. The van der Waals surface area contributed by atoms with Crippen LogP contribution >= 0.6 is 45.3 Å². The summed E-state index contributed by atoms with van der Waals surface area (Å²) in [4.78, 5) is 34.5. The second-order valence-electron chi connectivity index (χ2n) is 16.9. The van der Waals surface area contributed by atoms with E-state index in [0.717, 1.165) is 37.6 Å². The van der Waals surface area contributed by atoms with Crippen molar-refractivity contribution in [3.05, 3.63) is 130 Å². The van der Waals surface area contributed by atoms with Crippen molar-refractivity contribution in [2.75, 3.05) is 35.4 Å². The standard InChI is InChI=1S/C52H38N10O9S4/c1-60(2)48(63)29-8-6-7-27(11-29)46-54-32(25-72-46)23-67-40-13-34(64-3)16-43-37(40)18-45(71-43)39-21-62-50(57-39)75-52(59-62)69-22-31-12-28(9-10-30(31)19-53)47-55-33(26-73-47)24-68-41-14-35(65-4)15-42-36(41)17-44(70-42)38-20-61-49(56-38)74-51(58-61)66-5/h6-18,20-21,25-26H,22-24H2,1-5H3. The molecule has 0 fully saturated rings. The average Bonchev–Trinajstić information content (AvgIpc) is 4.29. The quantitative estimate of drug-likeness (QED) is 0.0829. The van der Waals surface area contributed by atoms with Crippen LogP contribution < -0.4 is 28.4 Å². The Labute approximate surface area is 440 Å². The first kappa shape index (κ1) is 47.2. The van der Waals surface area contributed by atoms with Crippen LogP contribution in [-0.4, -0.2) is 85.4 Å². The van der Waals surface area contributed by atoms with Gasteiger partial charge >= 0.3 is 0 Å². The molecule has 0 aliphatic carbocycles. The minimum Gasteiger partial charge on any atom is -0.496 e. The first-order chi connectivity index (χ1) is 36.6. The highest BCUT2D eigenvalue weighted by atomic mass is 32.1. The van der Waals surface area contributed by atoms with Gasteiger partial charge in [-0.25, -0.2) is 29.0 Å². The van der Waals surface area contributed by atoms with Gasteiger partial charge in [0.25, 0.3) is 16.3 Å². The minimum absolute atomic E-state index is 0.0751. The van der Waals surface area contributed by atoms with Gasteiger partial charge in [0, 0.05) is 71.4 Å². The number of hydrogen-bond acceptors (Lipinski definition) is 20. The molecular formula is C52H38N10O9S4. The second kappa shape index (κ2) is 19.6. The Morgan fingerprint density at radius 2 is 1.23 bits per heavy atom. The first-order valence-corrected chi connectivity index (χ1v) is 26.1. The van der Waals surface area contributed by atoms with Gasteiger partial charge in [-0.05, 0) is 59.1 Å². The summed E-state index contributed by atoms with van der Waals surface area (Å²) in [7, 11) is 8.19. The summed E-state index contributed by atoms with van der Waals surface area (Å²) >= 11 is 5.53. The largest absolute Gasteiger partial charge is 0.496 e. The Hall–Kier alpha value is -8.82. The van der Waals surface area contributed by atoms with Crippen LogP contribution in [-0.2, 0) is 19.8 Å². The number of carbonyl (C=O) groups excluding carboxylic acids is 1. The maximum atomic E-state index is 12.6. The number of fused-ring (bicyclic) bond motifs is 4. The van der Waals surface area contributed by atoms with E-state index in [1.807, 2.05) is 59.3 Å². The molecule has 0 radical (unpaired) electrons. The molecule has 0 saturated carbocycles. The molecule has 0 aliphatic rings. The van der Waals surface area contributed by atoms with E-state index in [1.165, 1.54) is 45.3 Å². The van der Waals surface area contributed by atoms with Crippen LogP contribution in [0.1, 0.15) is 32.9 Å². The van der Waals surface area contributed by atoms with E-state index in [4.69, 9.17) is 52.2 Å². The van der Waals surface area contributed by atoms with Crippen molar-refractivity contribution in [1.29, 1.82) is 5.26 Å². The maximum Gasteiger partial charge on any atom is 0.294 e. The number of benzene rings is 4. The van der Waals surface area contributed by atoms with Gasteiger partial charge in [0.15, 0.2) is 11.5 Å². The Morgan fingerprint density at radius 3 is 1.77 bits per heavy atom. The number of hydrogen-bond donors (Lipinski definition) is 0. The van der Waals surface area contributed by atoms with Gasteiger partial charge in [-0.15, -0.1) is 32.9 Å². The molecule has 0 aliphatic heterocycles. The molecule has 0 atom stereocenters. The normalized spacial score (nSPS) is 11.5. The summed E-state index contributed by atoms with van der Waals surface area (Å²) in [6, 6.07) is 26.2. The number of amides is 1. The van der Waals surface area contributed by atoms with Crippen LogP contribution in [0.4, 0.5) is 0 Å². The van der Waals surface area contributed by atoms with Crippen LogP contribution in [0.3, 0.4) is 0 Å². The van der Waals surface area contributed by atoms with Crippen molar-refractivity contribution in [3.63, 3.8) is 0 Å². The van der Waals surface area contributed by atoms with E-state index in [1.54, 1.807) is 92.1 Å². The predicted octanol–water partition coefficient (Wildman–Crippen LogP) is 11.3. The van der Waals surface area contributed by atoms with E-state index in [9.17, 15) is 10.1 Å². The van der Waals surface area contributed by atoms with E-state index in [2.05, 4.69) is 21.3 Å². The number of methoxy groups -OCH3 is 3. The molecule has 0 spiro atoms. The number of carbonyl (C=O) groups is 1. The molecule has 12 aromatic rings. The third-order valence-electron chi connectivity index (χ3n) is 11.8.